The molecular weight excluding hydrogens is 408 g/mol. The third-order valence-corrected chi connectivity index (χ3v) is 5.56. The average Bonchev–Trinajstić information content (AvgIpc) is 3.13. The van der Waals surface area contributed by atoms with E-state index in [0.717, 1.165) is 16.5 Å². The summed E-state index contributed by atoms with van der Waals surface area (Å²) >= 11 is 6.11. The van der Waals surface area contributed by atoms with E-state index in [1.165, 1.54) is 0 Å². The van der Waals surface area contributed by atoms with Crippen molar-refractivity contribution in [2.24, 2.45) is 5.14 Å². The van der Waals surface area contributed by atoms with Crippen LogP contribution in [0.25, 0.3) is 16.6 Å². The highest BCUT2D eigenvalue weighted by molar-refractivity contribution is 7.82. The van der Waals surface area contributed by atoms with Gasteiger partial charge in [0.1, 0.15) is 11.0 Å². The van der Waals surface area contributed by atoms with E-state index in [1.54, 1.807) is 35.0 Å². The van der Waals surface area contributed by atoms with Crippen LogP contribution in [-0.2, 0) is 22.2 Å². The number of nitrogens with two attached hydrogens (primary N) is 1. The molecule has 4 rings (SSSR count). The molecule has 8 heteroatoms. The summed E-state index contributed by atoms with van der Waals surface area (Å²) in [5.74, 6) is -0.232. The van der Waals surface area contributed by atoms with E-state index in [2.05, 4.69) is 10.4 Å². The Balaban J connectivity index is 1.61. The fourth-order valence-electron chi connectivity index (χ4n) is 3.05. The highest BCUT2D eigenvalue weighted by Gasteiger charge is 2.14. The molecule has 0 aliphatic rings. The number of halogens is 1. The topological polar surface area (TPSA) is 90.0 Å². The standard InChI is InChI=1S/C21H17ClN4O2S/c22-17-7-3-1-5-14(17)11-21(27)24-16-9-10-19(20(12-16)29(23)28)26-13-15-6-2-4-8-18(15)25-26/h1-10,12-13H,11,23H2,(H,24,27). The van der Waals surface area contributed by atoms with Gasteiger partial charge >= 0.3 is 0 Å². The van der Waals surface area contributed by atoms with Crippen molar-refractivity contribution in [2.45, 2.75) is 11.3 Å². The third-order valence-electron chi connectivity index (χ3n) is 4.43. The molecule has 0 fully saturated rings. The molecule has 0 saturated carbocycles. The highest BCUT2D eigenvalue weighted by Crippen LogP contribution is 2.24. The molecule has 1 unspecified atom stereocenters. The number of nitrogens with zero attached hydrogens (tertiary/aromatic N) is 2. The molecule has 3 aromatic carbocycles. The molecule has 0 saturated heterocycles. The number of benzene rings is 3. The van der Waals surface area contributed by atoms with Gasteiger partial charge in [0.05, 0.1) is 22.5 Å². The molecule has 0 aliphatic carbocycles. The second-order valence-corrected chi connectivity index (χ2v) is 7.87. The van der Waals surface area contributed by atoms with Crippen molar-refractivity contribution in [1.29, 1.82) is 0 Å². The smallest absolute Gasteiger partial charge is 0.228 e. The van der Waals surface area contributed by atoms with Crippen molar-refractivity contribution in [1.82, 2.24) is 9.78 Å². The number of aromatic nitrogens is 2. The van der Waals surface area contributed by atoms with E-state index in [0.29, 0.717) is 21.3 Å². The summed E-state index contributed by atoms with van der Waals surface area (Å²) in [5.41, 5.74) is 2.63. The molecule has 0 aliphatic heterocycles. The zero-order valence-electron chi connectivity index (χ0n) is 15.2. The maximum Gasteiger partial charge on any atom is 0.228 e. The third kappa shape index (κ3) is 4.22. The number of fused-ring (bicyclic) bond motifs is 1. The molecule has 0 bridgehead atoms. The number of anilines is 1. The van der Waals surface area contributed by atoms with Gasteiger partial charge in [-0.15, -0.1) is 0 Å². The summed E-state index contributed by atoms with van der Waals surface area (Å²) in [4.78, 5) is 12.8. The maximum absolute atomic E-state index is 12.4. The SMILES string of the molecule is NS(=O)c1cc(NC(=O)Cc2ccccc2Cl)ccc1-n1cc2ccccc2n1. The molecule has 3 N–H and O–H groups in total. The molecule has 1 heterocycles. The van der Waals surface area contributed by atoms with Crippen molar-refractivity contribution in [2.75, 3.05) is 5.32 Å². The van der Waals surface area contributed by atoms with E-state index in [1.807, 2.05) is 42.6 Å². The van der Waals surface area contributed by atoms with Gasteiger partial charge in [0.25, 0.3) is 0 Å². The van der Waals surface area contributed by atoms with Gasteiger partial charge in [-0.2, -0.15) is 5.10 Å². The van der Waals surface area contributed by atoms with Gasteiger partial charge in [0, 0.05) is 22.3 Å². The molecule has 29 heavy (non-hydrogen) atoms. The lowest BCUT2D eigenvalue weighted by Crippen LogP contribution is -2.16. The van der Waals surface area contributed by atoms with E-state index >= 15 is 0 Å². The van der Waals surface area contributed by atoms with E-state index in [4.69, 9.17) is 16.7 Å². The minimum Gasteiger partial charge on any atom is -0.326 e. The zero-order chi connectivity index (χ0) is 20.4. The average molecular weight is 425 g/mol. The van der Waals surface area contributed by atoms with E-state index in [9.17, 15) is 9.00 Å². The van der Waals surface area contributed by atoms with Gasteiger partial charge in [-0.3, -0.25) is 4.79 Å². The van der Waals surface area contributed by atoms with Crippen LogP contribution in [0, 0.1) is 0 Å². The number of nitrogens with one attached hydrogen (secondary N) is 1. The second-order valence-electron chi connectivity index (χ2n) is 6.43. The number of rotatable bonds is 5. The minimum absolute atomic E-state index is 0.132. The number of hydrogen-bond donors (Lipinski definition) is 2. The molecule has 4 aromatic rings. The van der Waals surface area contributed by atoms with Gasteiger partial charge in [-0.1, -0.05) is 48.0 Å². The zero-order valence-corrected chi connectivity index (χ0v) is 16.8. The Morgan fingerprint density at radius 1 is 1.10 bits per heavy atom. The lowest BCUT2D eigenvalue weighted by Gasteiger charge is -2.11. The molecule has 6 nitrogen and oxygen atoms in total. The normalized spacial score (nSPS) is 12.1. The van der Waals surface area contributed by atoms with Gasteiger partial charge < -0.3 is 5.32 Å². The van der Waals surface area contributed by atoms with Crippen LogP contribution >= 0.6 is 11.6 Å². The van der Waals surface area contributed by atoms with Crippen molar-refractivity contribution >= 4 is 45.1 Å². The molecule has 146 valence electrons. The second kappa shape index (κ2) is 8.16. The van der Waals surface area contributed by atoms with E-state index < -0.39 is 11.0 Å². The molecule has 1 atom stereocenters. The Morgan fingerprint density at radius 2 is 1.86 bits per heavy atom. The van der Waals surface area contributed by atoms with Crippen molar-refractivity contribution in [3.63, 3.8) is 0 Å². The molecular formula is C21H17ClN4O2S. The summed E-state index contributed by atoms with van der Waals surface area (Å²) < 4.78 is 13.8. The van der Waals surface area contributed by atoms with Crippen molar-refractivity contribution in [3.8, 4) is 5.69 Å². The predicted molar refractivity (Wildman–Crippen MR) is 115 cm³/mol. The number of carbonyl (C=O) groups excluding carboxylic acids is 1. The molecule has 0 radical (unpaired) electrons. The molecule has 0 spiro atoms. The Hall–Kier alpha value is -3.00. The van der Waals surface area contributed by atoms with Crippen LogP contribution in [0.4, 0.5) is 5.69 Å². The first kappa shape index (κ1) is 19.3. The lowest BCUT2D eigenvalue weighted by molar-refractivity contribution is -0.115. The first-order valence-electron chi connectivity index (χ1n) is 8.79. The quantitative estimate of drug-likeness (QED) is 0.510. The van der Waals surface area contributed by atoms with Gasteiger partial charge in [-0.05, 0) is 35.9 Å². The predicted octanol–water partition coefficient (Wildman–Crippen LogP) is 3.84. The Labute approximate surface area is 174 Å². The Kier molecular flexibility index (Phi) is 5.44. The largest absolute Gasteiger partial charge is 0.326 e. The summed E-state index contributed by atoms with van der Waals surface area (Å²) in [5, 5.41) is 14.5. The highest BCUT2D eigenvalue weighted by atomic mass is 35.5. The van der Waals surface area contributed by atoms with Gasteiger partial charge in [0.2, 0.25) is 5.91 Å². The maximum atomic E-state index is 12.4. The van der Waals surface area contributed by atoms with Crippen LogP contribution in [0.5, 0.6) is 0 Å². The fraction of sp³-hybridized carbons (Fsp3) is 0.0476. The summed E-state index contributed by atoms with van der Waals surface area (Å²) in [6.07, 6.45) is 1.98. The summed E-state index contributed by atoms with van der Waals surface area (Å²) in [6, 6.07) is 19.9. The van der Waals surface area contributed by atoms with Crippen LogP contribution in [0.3, 0.4) is 0 Å². The minimum atomic E-state index is -1.76. The van der Waals surface area contributed by atoms with Crippen LogP contribution in [0.1, 0.15) is 5.56 Å². The molecule has 1 aromatic heterocycles. The first-order chi connectivity index (χ1) is 14.0. The Morgan fingerprint density at radius 3 is 2.62 bits per heavy atom. The lowest BCUT2D eigenvalue weighted by atomic mass is 10.1. The van der Waals surface area contributed by atoms with Crippen LogP contribution < -0.4 is 10.5 Å². The van der Waals surface area contributed by atoms with Gasteiger partial charge in [0.15, 0.2) is 0 Å². The van der Waals surface area contributed by atoms with Crippen LogP contribution in [-0.4, -0.2) is 19.9 Å². The number of carbonyl (C=O) groups is 1. The monoisotopic (exact) mass is 424 g/mol. The summed E-state index contributed by atoms with van der Waals surface area (Å²) in [6.45, 7) is 0. The molecule has 1 amide bonds. The van der Waals surface area contributed by atoms with Gasteiger partial charge in [-0.25, -0.2) is 14.0 Å². The van der Waals surface area contributed by atoms with Crippen molar-refractivity contribution < 1.29 is 9.00 Å². The summed E-state index contributed by atoms with van der Waals surface area (Å²) in [7, 11) is -1.76. The van der Waals surface area contributed by atoms with Crippen LogP contribution in [0.15, 0.2) is 77.8 Å². The fourth-order valence-corrected chi connectivity index (χ4v) is 3.86. The van der Waals surface area contributed by atoms with Crippen LogP contribution in [0.2, 0.25) is 5.02 Å². The van der Waals surface area contributed by atoms with E-state index in [-0.39, 0.29) is 12.3 Å². The Bertz CT molecular complexity index is 1210. The number of amides is 1. The number of hydrogen-bond acceptors (Lipinski definition) is 3. The van der Waals surface area contributed by atoms with Crippen molar-refractivity contribution in [3.05, 3.63) is 83.5 Å². The first-order valence-corrected chi connectivity index (χ1v) is 10.4.